The van der Waals surface area contributed by atoms with Crippen molar-refractivity contribution in [2.75, 3.05) is 62.9 Å². The zero-order valence-corrected chi connectivity index (χ0v) is 14.3. The largest absolute Gasteiger partial charge is 0.378 e. The van der Waals surface area contributed by atoms with Crippen LogP contribution >= 0.6 is 34.2 Å². The van der Waals surface area contributed by atoms with E-state index in [9.17, 15) is 9.59 Å². The fourth-order valence-electron chi connectivity index (χ4n) is 1.79. The number of alkyl halides is 2. The van der Waals surface area contributed by atoms with Crippen molar-refractivity contribution in [3.05, 3.63) is 0 Å². The van der Waals surface area contributed by atoms with E-state index in [0.717, 1.165) is 13.1 Å². The minimum absolute atomic E-state index is 0.00460. The van der Waals surface area contributed by atoms with Crippen LogP contribution in [0.2, 0.25) is 0 Å². The summed E-state index contributed by atoms with van der Waals surface area (Å²) in [5.41, 5.74) is 0. The Kier molecular flexibility index (Phi) is 9.49. The first-order chi connectivity index (χ1) is 9.69. The quantitative estimate of drug-likeness (QED) is 0.480. The molecule has 0 aliphatic carbocycles. The molecule has 0 atom stereocenters. The molecule has 0 spiro atoms. The number of carbonyl (C=O) groups excluding carboxylic acids is 2. The minimum Gasteiger partial charge on any atom is -0.378 e. The van der Waals surface area contributed by atoms with Gasteiger partial charge in [-0.1, -0.05) is 22.6 Å². The van der Waals surface area contributed by atoms with Gasteiger partial charge in [0.25, 0.3) is 0 Å². The third-order valence-electron chi connectivity index (χ3n) is 2.96. The molecule has 2 aliphatic rings. The molecule has 0 saturated carbocycles. The second-order valence-electron chi connectivity index (χ2n) is 4.25. The van der Waals surface area contributed by atoms with Gasteiger partial charge in [-0.05, 0) is 0 Å². The Hall–Kier alpha value is -0.120. The molecule has 6 nitrogen and oxygen atoms in total. The molecule has 0 unspecified atom stereocenters. The SMILES string of the molecule is O=C(CCl)N1CCOCC1.O=C(CI)N1CCOCC1. The highest BCUT2D eigenvalue weighted by Crippen LogP contribution is 1.99. The highest BCUT2D eigenvalue weighted by Gasteiger charge is 2.15. The Morgan fingerprint density at radius 1 is 0.900 bits per heavy atom. The van der Waals surface area contributed by atoms with Gasteiger partial charge in [-0.2, -0.15) is 0 Å². The monoisotopic (exact) mass is 418 g/mol. The zero-order valence-electron chi connectivity index (χ0n) is 11.4. The molecule has 2 saturated heterocycles. The lowest BCUT2D eigenvalue weighted by Gasteiger charge is -2.25. The fraction of sp³-hybridized carbons (Fsp3) is 0.833. The van der Waals surface area contributed by atoms with E-state index in [1.54, 1.807) is 4.90 Å². The molecule has 2 amide bonds. The average molecular weight is 419 g/mol. The lowest BCUT2D eigenvalue weighted by Crippen LogP contribution is -2.41. The topological polar surface area (TPSA) is 59.1 Å². The summed E-state index contributed by atoms with van der Waals surface area (Å²) in [5, 5.41) is 0. The molecule has 0 N–H and O–H groups in total. The van der Waals surface area contributed by atoms with E-state index in [2.05, 4.69) is 22.6 Å². The molecule has 20 heavy (non-hydrogen) atoms. The Morgan fingerprint density at radius 2 is 1.30 bits per heavy atom. The molecule has 2 aliphatic heterocycles. The van der Waals surface area contributed by atoms with Gasteiger partial charge in [-0.3, -0.25) is 9.59 Å². The first-order valence-electron chi connectivity index (χ1n) is 6.52. The van der Waals surface area contributed by atoms with Crippen molar-refractivity contribution < 1.29 is 19.1 Å². The number of hydrogen-bond donors (Lipinski definition) is 0. The summed E-state index contributed by atoms with van der Waals surface area (Å²) >= 11 is 7.44. The van der Waals surface area contributed by atoms with Crippen molar-refractivity contribution in [1.29, 1.82) is 0 Å². The van der Waals surface area contributed by atoms with Gasteiger partial charge in [0.2, 0.25) is 11.8 Å². The molecular weight excluding hydrogens is 398 g/mol. The molecule has 0 radical (unpaired) electrons. The molecule has 2 heterocycles. The number of hydrogen-bond acceptors (Lipinski definition) is 4. The fourth-order valence-corrected chi connectivity index (χ4v) is 2.45. The van der Waals surface area contributed by atoms with E-state index in [1.165, 1.54) is 0 Å². The van der Waals surface area contributed by atoms with Crippen molar-refractivity contribution in [2.24, 2.45) is 0 Å². The molecule has 2 rings (SSSR count). The molecule has 0 aromatic rings. The first kappa shape index (κ1) is 17.9. The Balaban J connectivity index is 0.000000200. The van der Waals surface area contributed by atoms with Gasteiger partial charge in [0.15, 0.2) is 0 Å². The van der Waals surface area contributed by atoms with Crippen molar-refractivity contribution in [2.45, 2.75) is 0 Å². The molecule has 0 bridgehead atoms. The van der Waals surface area contributed by atoms with Crippen molar-refractivity contribution >= 4 is 46.0 Å². The zero-order chi connectivity index (χ0) is 14.8. The Morgan fingerprint density at radius 3 is 1.65 bits per heavy atom. The second-order valence-corrected chi connectivity index (χ2v) is 5.28. The van der Waals surface area contributed by atoms with E-state index in [-0.39, 0.29) is 17.7 Å². The highest BCUT2D eigenvalue weighted by molar-refractivity contribution is 14.1. The van der Waals surface area contributed by atoms with E-state index >= 15 is 0 Å². The lowest BCUT2D eigenvalue weighted by atomic mass is 10.4. The van der Waals surface area contributed by atoms with Gasteiger partial charge in [0, 0.05) is 26.2 Å². The van der Waals surface area contributed by atoms with Crippen LogP contribution in [0.25, 0.3) is 0 Å². The van der Waals surface area contributed by atoms with Crippen LogP contribution in [0.5, 0.6) is 0 Å². The number of morpholine rings is 2. The summed E-state index contributed by atoms with van der Waals surface area (Å²) in [6.45, 7) is 5.58. The molecule has 116 valence electrons. The first-order valence-corrected chi connectivity index (χ1v) is 8.58. The van der Waals surface area contributed by atoms with E-state index in [4.69, 9.17) is 21.1 Å². The number of rotatable bonds is 2. The Bertz CT molecular complexity index is 278. The predicted molar refractivity (Wildman–Crippen MR) is 84.4 cm³/mol. The Labute approximate surface area is 137 Å². The highest BCUT2D eigenvalue weighted by atomic mass is 127. The van der Waals surface area contributed by atoms with Crippen LogP contribution in [0.4, 0.5) is 0 Å². The number of nitrogens with zero attached hydrogens (tertiary/aromatic N) is 2. The smallest absolute Gasteiger partial charge is 0.237 e. The van der Waals surface area contributed by atoms with Gasteiger partial charge >= 0.3 is 0 Å². The number of carbonyl (C=O) groups is 2. The standard InChI is InChI=1S/C6H10ClNO2.C6H10INO2/c2*7-5-6(9)8-1-3-10-4-2-8/h2*1-5H2. The molecule has 0 aromatic heterocycles. The predicted octanol–water partition coefficient (Wildman–Crippen LogP) is 0.364. The molecular formula is C12H20ClIN2O4. The third-order valence-corrected chi connectivity index (χ3v) is 3.84. The maximum absolute atomic E-state index is 11.0. The van der Waals surface area contributed by atoms with Crippen LogP contribution < -0.4 is 0 Å². The maximum atomic E-state index is 11.0. The summed E-state index contributed by atoms with van der Waals surface area (Å²) in [4.78, 5) is 25.5. The number of amides is 2. The van der Waals surface area contributed by atoms with Gasteiger partial charge in [0.05, 0.1) is 30.9 Å². The van der Waals surface area contributed by atoms with Crippen LogP contribution in [0.15, 0.2) is 0 Å². The van der Waals surface area contributed by atoms with Gasteiger partial charge in [-0.25, -0.2) is 0 Å². The van der Waals surface area contributed by atoms with Gasteiger partial charge < -0.3 is 19.3 Å². The van der Waals surface area contributed by atoms with Crippen molar-refractivity contribution in [1.82, 2.24) is 9.80 Å². The summed E-state index contributed by atoms with van der Waals surface area (Å²) in [7, 11) is 0. The summed E-state index contributed by atoms with van der Waals surface area (Å²) in [6, 6.07) is 0. The summed E-state index contributed by atoms with van der Waals surface area (Å²) in [5.74, 6) is 0.314. The van der Waals surface area contributed by atoms with Crippen LogP contribution in [0, 0.1) is 0 Å². The van der Waals surface area contributed by atoms with E-state index < -0.39 is 0 Å². The normalized spacial score (nSPS) is 19.1. The van der Waals surface area contributed by atoms with Gasteiger partial charge in [0.1, 0.15) is 5.88 Å². The summed E-state index contributed by atoms with van der Waals surface area (Å²) < 4.78 is 10.7. The van der Waals surface area contributed by atoms with E-state index in [0.29, 0.717) is 43.9 Å². The molecule has 0 aromatic carbocycles. The summed E-state index contributed by atoms with van der Waals surface area (Å²) in [6.07, 6.45) is 0. The maximum Gasteiger partial charge on any atom is 0.237 e. The van der Waals surface area contributed by atoms with E-state index in [1.807, 2.05) is 4.90 Å². The van der Waals surface area contributed by atoms with Crippen LogP contribution in [-0.2, 0) is 19.1 Å². The van der Waals surface area contributed by atoms with Crippen LogP contribution in [0.3, 0.4) is 0 Å². The lowest BCUT2D eigenvalue weighted by molar-refractivity contribution is -0.133. The number of halogens is 2. The van der Waals surface area contributed by atoms with Crippen LogP contribution in [-0.4, -0.2) is 84.5 Å². The second kappa shape index (κ2) is 10.6. The minimum atomic E-state index is 0.00460. The van der Waals surface area contributed by atoms with Crippen molar-refractivity contribution in [3.8, 4) is 0 Å². The average Bonchev–Trinajstić information content (AvgIpc) is 2.55. The third kappa shape index (κ3) is 6.55. The van der Waals surface area contributed by atoms with Crippen molar-refractivity contribution in [3.63, 3.8) is 0 Å². The molecule has 2 fully saturated rings. The molecule has 8 heteroatoms. The van der Waals surface area contributed by atoms with Crippen LogP contribution in [0.1, 0.15) is 0 Å². The number of ether oxygens (including phenoxy) is 2. The van der Waals surface area contributed by atoms with Gasteiger partial charge in [-0.15, -0.1) is 11.6 Å².